The maximum Gasteiger partial charge on any atom is 0.202 e. The summed E-state index contributed by atoms with van der Waals surface area (Å²) >= 11 is 0. The second-order valence-corrected chi connectivity index (χ2v) is 6.00. The smallest absolute Gasteiger partial charge is 0.202 e. The average molecular weight is 249 g/mol. The van der Waals surface area contributed by atoms with E-state index in [0.29, 0.717) is 6.04 Å². The summed E-state index contributed by atoms with van der Waals surface area (Å²) in [5.41, 5.74) is 0. The van der Waals surface area contributed by atoms with Crippen LogP contribution in [0, 0.1) is 11.8 Å². The molecule has 1 aliphatic carbocycles. The summed E-state index contributed by atoms with van der Waals surface area (Å²) in [7, 11) is 0. The van der Waals surface area contributed by atoms with Gasteiger partial charge in [0, 0.05) is 25.0 Å². The third-order valence-corrected chi connectivity index (χ3v) is 4.13. The largest absolute Gasteiger partial charge is 0.353 e. The Morgan fingerprint density at radius 1 is 1.28 bits per heavy atom. The van der Waals surface area contributed by atoms with E-state index in [1.807, 2.05) is 6.20 Å². The van der Waals surface area contributed by atoms with Crippen LogP contribution in [0.2, 0.25) is 0 Å². The number of hydrogen-bond acceptors (Lipinski definition) is 2. The number of imidazole rings is 1. The SMILES string of the molecule is CCC1CCC(Cn2ccnc2NC(C)C)CC1. The van der Waals surface area contributed by atoms with Crippen molar-refractivity contribution in [1.82, 2.24) is 9.55 Å². The zero-order valence-electron chi connectivity index (χ0n) is 12.0. The molecule has 1 N–H and O–H groups in total. The molecule has 18 heavy (non-hydrogen) atoms. The van der Waals surface area contributed by atoms with Crippen molar-refractivity contribution in [2.24, 2.45) is 11.8 Å². The maximum absolute atomic E-state index is 4.40. The van der Waals surface area contributed by atoms with Crippen LogP contribution in [-0.2, 0) is 6.54 Å². The summed E-state index contributed by atoms with van der Waals surface area (Å²) in [5, 5.41) is 3.41. The van der Waals surface area contributed by atoms with Crippen molar-refractivity contribution in [3.63, 3.8) is 0 Å². The number of nitrogens with one attached hydrogen (secondary N) is 1. The average Bonchev–Trinajstić information content (AvgIpc) is 2.77. The second-order valence-electron chi connectivity index (χ2n) is 6.00. The molecule has 0 unspecified atom stereocenters. The van der Waals surface area contributed by atoms with Gasteiger partial charge in [0.2, 0.25) is 5.95 Å². The number of aromatic nitrogens is 2. The lowest BCUT2D eigenvalue weighted by Crippen LogP contribution is -2.21. The highest BCUT2D eigenvalue weighted by atomic mass is 15.2. The fourth-order valence-corrected chi connectivity index (χ4v) is 2.96. The molecule has 1 aliphatic rings. The van der Waals surface area contributed by atoms with Gasteiger partial charge in [-0.3, -0.25) is 0 Å². The van der Waals surface area contributed by atoms with Gasteiger partial charge in [0.05, 0.1) is 0 Å². The molecule has 0 aliphatic heterocycles. The molecule has 0 aromatic carbocycles. The maximum atomic E-state index is 4.40. The minimum absolute atomic E-state index is 0.446. The zero-order chi connectivity index (χ0) is 13.0. The zero-order valence-corrected chi connectivity index (χ0v) is 12.0. The predicted octanol–water partition coefficient (Wildman–Crippen LogP) is 3.92. The van der Waals surface area contributed by atoms with Crippen molar-refractivity contribution in [3.8, 4) is 0 Å². The number of rotatable bonds is 5. The molecule has 0 spiro atoms. The van der Waals surface area contributed by atoms with Crippen LogP contribution in [0.15, 0.2) is 12.4 Å². The fourth-order valence-electron chi connectivity index (χ4n) is 2.96. The molecule has 2 rings (SSSR count). The molecule has 1 aromatic rings. The number of nitrogens with zero attached hydrogens (tertiary/aromatic N) is 2. The molecule has 0 bridgehead atoms. The molecule has 0 amide bonds. The first-order valence-corrected chi connectivity index (χ1v) is 7.46. The summed E-state index contributed by atoms with van der Waals surface area (Å²) in [6.07, 6.45) is 11.0. The van der Waals surface area contributed by atoms with Crippen LogP contribution in [0.1, 0.15) is 52.9 Å². The van der Waals surface area contributed by atoms with E-state index in [1.54, 1.807) is 0 Å². The third-order valence-electron chi connectivity index (χ3n) is 4.13. The number of hydrogen-bond donors (Lipinski definition) is 1. The minimum atomic E-state index is 0.446. The molecular weight excluding hydrogens is 222 g/mol. The summed E-state index contributed by atoms with van der Waals surface area (Å²) in [6.45, 7) is 7.77. The summed E-state index contributed by atoms with van der Waals surface area (Å²) in [5.74, 6) is 2.86. The Bertz CT molecular complexity index is 348. The Balaban J connectivity index is 1.88. The highest BCUT2D eigenvalue weighted by Crippen LogP contribution is 2.31. The van der Waals surface area contributed by atoms with Crippen LogP contribution >= 0.6 is 0 Å². The van der Waals surface area contributed by atoms with Crippen LogP contribution in [0.5, 0.6) is 0 Å². The molecule has 3 nitrogen and oxygen atoms in total. The van der Waals surface area contributed by atoms with Crippen molar-refractivity contribution in [2.45, 2.75) is 65.5 Å². The quantitative estimate of drug-likeness (QED) is 0.857. The van der Waals surface area contributed by atoms with Crippen molar-refractivity contribution in [2.75, 3.05) is 5.32 Å². The molecular formula is C15H27N3. The Kier molecular flexibility index (Phi) is 4.67. The topological polar surface area (TPSA) is 29.9 Å². The Morgan fingerprint density at radius 3 is 2.56 bits per heavy atom. The van der Waals surface area contributed by atoms with Crippen molar-refractivity contribution in [3.05, 3.63) is 12.4 Å². The fraction of sp³-hybridized carbons (Fsp3) is 0.800. The van der Waals surface area contributed by atoms with E-state index >= 15 is 0 Å². The lowest BCUT2D eigenvalue weighted by molar-refractivity contribution is 0.248. The monoisotopic (exact) mass is 249 g/mol. The van der Waals surface area contributed by atoms with E-state index in [9.17, 15) is 0 Å². The van der Waals surface area contributed by atoms with Gasteiger partial charge in [0.15, 0.2) is 0 Å². The predicted molar refractivity (Wildman–Crippen MR) is 76.7 cm³/mol. The van der Waals surface area contributed by atoms with Crippen molar-refractivity contribution < 1.29 is 0 Å². The first-order valence-electron chi connectivity index (χ1n) is 7.46. The first kappa shape index (κ1) is 13.4. The highest BCUT2D eigenvalue weighted by Gasteiger charge is 2.20. The van der Waals surface area contributed by atoms with Gasteiger partial charge < -0.3 is 9.88 Å². The van der Waals surface area contributed by atoms with E-state index in [0.717, 1.165) is 24.3 Å². The molecule has 0 saturated heterocycles. The van der Waals surface area contributed by atoms with Crippen LogP contribution in [-0.4, -0.2) is 15.6 Å². The van der Waals surface area contributed by atoms with Crippen LogP contribution in [0.25, 0.3) is 0 Å². The Labute approximate surface area is 111 Å². The lowest BCUT2D eigenvalue weighted by Gasteiger charge is -2.28. The van der Waals surface area contributed by atoms with Crippen LogP contribution in [0.3, 0.4) is 0 Å². The number of anilines is 1. The molecule has 1 fully saturated rings. The summed E-state index contributed by atoms with van der Waals surface area (Å²) in [6, 6.07) is 0.446. The van der Waals surface area contributed by atoms with Gasteiger partial charge in [-0.15, -0.1) is 0 Å². The summed E-state index contributed by atoms with van der Waals surface area (Å²) in [4.78, 5) is 4.40. The normalized spacial score (nSPS) is 24.4. The van der Waals surface area contributed by atoms with Gasteiger partial charge in [-0.25, -0.2) is 4.98 Å². The second kappa shape index (κ2) is 6.26. The van der Waals surface area contributed by atoms with E-state index < -0.39 is 0 Å². The molecule has 0 radical (unpaired) electrons. The van der Waals surface area contributed by atoms with Crippen LogP contribution in [0.4, 0.5) is 5.95 Å². The molecule has 1 aromatic heterocycles. The van der Waals surface area contributed by atoms with Gasteiger partial charge >= 0.3 is 0 Å². The molecule has 0 atom stereocenters. The minimum Gasteiger partial charge on any atom is -0.353 e. The van der Waals surface area contributed by atoms with Gasteiger partial charge in [-0.2, -0.15) is 0 Å². The van der Waals surface area contributed by atoms with Crippen LogP contribution < -0.4 is 5.32 Å². The standard InChI is InChI=1S/C15H27N3/c1-4-13-5-7-14(8-6-13)11-18-10-9-16-15(18)17-12(2)3/h9-10,12-14H,4-8,11H2,1-3H3,(H,16,17). The Hall–Kier alpha value is -0.990. The molecule has 102 valence electrons. The summed E-state index contributed by atoms with van der Waals surface area (Å²) < 4.78 is 2.29. The molecule has 3 heteroatoms. The molecule has 1 heterocycles. The highest BCUT2D eigenvalue weighted by molar-refractivity contribution is 5.26. The van der Waals surface area contributed by atoms with Gasteiger partial charge in [0.25, 0.3) is 0 Å². The molecule has 1 saturated carbocycles. The van der Waals surface area contributed by atoms with E-state index in [4.69, 9.17) is 0 Å². The third kappa shape index (κ3) is 3.50. The lowest BCUT2D eigenvalue weighted by atomic mass is 9.81. The van der Waals surface area contributed by atoms with Gasteiger partial charge in [-0.1, -0.05) is 26.2 Å². The van der Waals surface area contributed by atoms with Crippen molar-refractivity contribution in [1.29, 1.82) is 0 Å². The van der Waals surface area contributed by atoms with Gasteiger partial charge in [0.1, 0.15) is 0 Å². The van der Waals surface area contributed by atoms with Crippen molar-refractivity contribution >= 4 is 5.95 Å². The van der Waals surface area contributed by atoms with E-state index in [2.05, 4.69) is 41.8 Å². The van der Waals surface area contributed by atoms with Gasteiger partial charge in [-0.05, 0) is 38.5 Å². The van der Waals surface area contributed by atoms with E-state index in [-0.39, 0.29) is 0 Å². The Morgan fingerprint density at radius 2 is 1.94 bits per heavy atom. The first-order chi connectivity index (χ1) is 8.69. The van der Waals surface area contributed by atoms with E-state index in [1.165, 1.54) is 32.1 Å².